The number of carbonyl (C=O) groups excluding carboxylic acids is 1. The van der Waals surface area contributed by atoms with E-state index in [0.717, 1.165) is 25.9 Å². The van der Waals surface area contributed by atoms with Crippen molar-refractivity contribution in [3.05, 3.63) is 0 Å². The summed E-state index contributed by atoms with van der Waals surface area (Å²) in [7, 11) is 1.48. The summed E-state index contributed by atoms with van der Waals surface area (Å²) in [5, 5.41) is 0. The maximum atomic E-state index is 11.8. The van der Waals surface area contributed by atoms with E-state index in [1.807, 2.05) is 0 Å². The molecule has 0 aromatic carbocycles. The molecule has 0 unspecified atom stereocenters. The highest BCUT2D eigenvalue weighted by atomic mass is 16.5. The van der Waals surface area contributed by atoms with Crippen molar-refractivity contribution in [2.45, 2.75) is 45.1 Å². The van der Waals surface area contributed by atoms with Crippen molar-refractivity contribution in [1.82, 2.24) is 4.90 Å². The summed E-state index contributed by atoms with van der Waals surface area (Å²) in [6.07, 6.45) is 4.10. The van der Waals surface area contributed by atoms with Crippen LogP contribution in [0.15, 0.2) is 0 Å². The summed E-state index contributed by atoms with van der Waals surface area (Å²) < 4.78 is 4.93. The molecule has 0 atom stereocenters. The lowest BCUT2D eigenvalue weighted by Crippen LogP contribution is -2.53. The molecule has 82 valence electrons. The molecule has 0 spiro atoms. The van der Waals surface area contributed by atoms with Gasteiger partial charge < -0.3 is 4.74 Å². The number of carbonyl (C=O) groups is 1. The van der Waals surface area contributed by atoms with Crippen LogP contribution < -0.4 is 0 Å². The Bertz CT molecular complexity index is 193. The van der Waals surface area contributed by atoms with Crippen LogP contribution in [-0.2, 0) is 9.53 Å². The molecule has 1 heterocycles. The van der Waals surface area contributed by atoms with E-state index in [-0.39, 0.29) is 11.5 Å². The van der Waals surface area contributed by atoms with E-state index < -0.39 is 0 Å². The number of nitrogens with zero attached hydrogens (tertiary/aromatic N) is 1. The second-order valence-electron chi connectivity index (χ2n) is 3.92. The smallest absolute Gasteiger partial charge is 0.326 e. The Balaban J connectivity index is 2.83. The standard InChI is InChI=1S/C11H21NO2/c1-4-11(5-2,10(13)14-3)12-8-6-7-9-12/h4-9H2,1-3H3. The zero-order chi connectivity index (χ0) is 10.6. The van der Waals surface area contributed by atoms with Gasteiger partial charge in [-0.05, 0) is 38.8 Å². The van der Waals surface area contributed by atoms with E-state index in [4.69, 9.17) is 4.74 Å². The van der Waals surface area contributed by atoms with Crippen molar-refractivity contribution >= 4 is 5.97 Å². The van der Waals surface area contributed by atoms with Crippen molar-refractivity contribution in [2.75, 3.05) is 20.2 Å². The fourth-order valence-corrected chi connectivity index (χ4v) is 2.45. The first kappa shape index (κ1) is 11.5. The van der Waals surface area contributed by atoms with Gasteiger partial charge >= 0.3 is 5.97 Å². The summed E-state index contributed by atoms with van der Waals surface area (Å²) in [6.45, 7) is 6.21. The Hall–Kier alpha value is -0.570. The van der Waals surface area contributed by atoms with Gasteiger partial charge in [-0.2, -0.15) is 0 Å². The number of rotatable bonds is 4. The third kappa shape index (κ3) is 1.78. The second-order valence-corrected chi connectivity index (χ2v) is 3.92. The average molecular weight is 199 g/mol. The SMILES string of the molecule is CCC(CC)(C(=O)OC)N1CCCC1. The molecular weight excluding hydrogens is 178 g/mol. The lowest BCUT2D eigenvalue weighted by molar-refractivity contribution is -0.155. The van der Waals surface area contributed by atoms with Gasteiger partial charge in [0.25, 0.3) is 0 Å². The molecule has 1 aliphatic heterocycles. The summed E-state index contributed by atoms with van der Waals surface area (Å²) >= 11 is 0. The molecule has 0 N–H and O–H groups in total. The molecule has 1 rings (SSSR count). The van der Waals surface area contributed by atoms with Gasteiger partial charge in [-0.15, -0.1) is 0 Å². The van der Waals surface area contributed by atoms with Crippen molar-refractivity contribution < 1.29 is 9.53 Å². The lowest BCUT2D eigenvalue weighted by atomic mass is 9.91. The number of hydrogen-bond donors (Lipinski definition) is 0. The molecule has 0 radical (unpaired) electrons. The zero-order valence-corrected chi connectivity index (χ0v) is 9.51. The molecular formula is C11H21NO2. The Morgan fingerprint density at radius 2 is 1.79 bits per heavy atom. The lowest BCUT2D eigenvalue weighted by Gasteiger charge is -2.37. The molecule has 0 amide bonds. The first-order chi connectivity index (χ1) is 6.71. The van der Waals surface area contributed by atoms with Crippen LogP contribution in [-0.4, -0.2) is 36.6 Å². The first-order valence-electron chi connectivity index (χ1n) is 5.54. The van der Waals surface area contributed by atoms with Gasteiger partial charge in [0.1, 0.15) is 5.54 Å². The molecule has 0 saturated carbocycles. The van der Waals surface area contributed by atoms with Crippen molar-refractivity contribution in [3.63, 3.8) is 0 Å². The molecule has 1 fully saturated rings. The van der Waals surface area contributed by atoms with Gasteiger partial charge in [-0.3, -0.25) is 9.69 Å². The first-order valence-corrected chi connectivity index (χ1v) is 5.54. The third-order valence-corrected chi connectivity index (χ3v) is 3.45. The molecule has 0 aromatic heterocycles. The van der Waals surface area contributed by atoms with Crippen LogP contribution in [0.2, 0.25) is 0 Å². The Morgan fingerprint density at radius 3 is 2.14 bits per heavy atom. The van der Waals surface area contributed by atoms with E-state index >= 15 is 0 Å². The molecule has 1 saturated heterocycles. The molecule has 3 nitrogen and oxygen atoms in total. The van der Waals surface area contributed by atoms with Gasteiger partial charge in [-0.25, -0.2) is 0 Å². The maximum Gasteiger partial charge on any atom is 0.326 e. The van der Waals surface area contributed by atoms with Crippen LogP contribution in [0, 0.1) is 0 Å². The number of methoxy groups -OCH3 is 1. The minimum Gasteiger partial charge on any atom is -0.468 e. The molecule has 0 bridgehead atoms. The van der Waals surface area contributed by atoms with Crippen molar-refractivity contribution in [1.29, 1.82) is 0 Å². The summed E-state index contributed by atoms with van der Waals surface area (Å²) in [4.78, 5) is 14.1. The van der Waals surface area contributed by atoms with Gasteiger partial charge in [-0.1, -0.05) is 13.8 Å². The third-order valence-electron chi connectivity index (χ3n) is 3.45. The van der Waals surface area contributed by atoms with E-state index in [9.17, 15) is 4.79 Å². The Labute approximate surface area is 86.4 Å². The molecule has 0 aliphatic carbocycles. The van der Waals surface area contributed by atoms with Crippen LogP contribution in [0.5, 0.6) is 0 Å². The number of likely N-dealkylation sites (tertiary alicyclic amines) is 1. The summed E-state index contributed by atoms with van der Waals surface area (Å²) in [5.74, 6) is -0.0654. The number of esters is 1. The highest BCUT2D eigenvalue weighted by Gasteiger charge is 2.42. The van der Waals surface area contributed by atoms with Gasteiger partial charge in [0.2, 0.25) is 0 Å². The van der Waals surface area contributed by atoms with Crippen LogP contribution in [0.1, 0.15) is 39.5 Å². The highest BCUT2D eigenvalue weighted by molar-refractivity contribution is 5.80. The Kier molecular flexibility index (Phi) is 3.93. The average Bonchev–Trinajstić information content (AvgIpc) is 2.74. The molecule has 3 heteroatoms. The van der Waals surface area contributed by atoms with E-state index in [0.29, 0.717) is 0 Å². The van der Waals surface area contributed by atoms with Gasteiger partial charge in [0, 0.05) is 0 Å². The fourth-order valence-electron chi connectivity index (χ4n) is 2.45. The highest BCUT2D eigenvalue weighted by Crippen LogP contribution is 2.29. The van der Waals surface area contributed by atoms with Gasteiger partial charge in [0.05, 0.1) is 7.11 Å². The summed E-state index contributed by atoms with van der Waals surface area (Å²) in [6, 6.07) is 0. The van der Waals surface area contributed by atoms with Crippen molar-refractivity contribution in [2.24, 2.45) is 0 Å². The number of ether oxygens (including phenoxy) is 1. The Morgan fingerprint density at radius 1 is 1.29 bits per heavy atom. The quantitative estimate of drug-likeness (QED) is 0.647. The minimum absolute atomic E-state index is 0.0654. The van der Waals surface area contributed by atoms with E-state index in [2.05, 4.69) is 18.7 Å². The van der Waals surface area contributed by atoms with Crippen molar-refractivity contribution in [3.8, 4) is 0 Å². The monoisotopic (exact) mass is 199 g/mol. The number of hydrogen-bond acceptors (Lipinski definition) is 3. The second kappa shape index (κ2) is 4.78. The largest absolute Gasteiger partial charge is 0.468 e. The van der Waals surface area contributed by atoms with Crippen LogP contribution in [0.25, 0.3) is 0 Å². The minimum atomic E-state index is -0.356. The fraction of sp³-hybridized carbons (Fsp3) is 0.909. The van der Waals surface area contributed by atoms with E-state index in [1.54, 1.807) is 0 Å². The van der Waals surface area contributed by atoms with Crippen LogP contribution >= 0.6 is 0 Å². The summed E-state index contributed by atoms with van der Waals surface area (Å²) in [5.41, 5.74) is -0.356. The van der Waals surface area contributed by atoms with Crippen LogP contribution in [0.4, 0.5) is 0 Å². The normalized spacial score (nSPS) is 18.5. The van der Waals surface area contributed by atoms with Gasteiger partial charge in [0.15, 0.2) is 0 Å². The molecule has 0 aromatic rings. The predicted octanol–water partition coefficient (Wildman–Crippen LogP) is 1.81. The van der Waals surface area contributed by atoms with E-state index in [1.165, 1.54) is 20.0 Å². The predicted molar refractivity (Wildman–Crippen MR) is 56.1 cm³/mol. The zero-order valence-electron chi connectivity index (χ0n) is 9.51. The molecule has 14 heavy (non-hydrogen) atoms. The maximum absolute atomic E-state index is 11.8. The van der Waals surface area contributed by atoms with Crippen LogP contribution in [0.3, 0.4) is 0 Å². The molecule has 1 aliphatic rings. The topological polar surface area (TPSA) is 29.5 Å².